The standard InChI is InChI=1S/C12H15N5O/c1-9-3-4-17-12(14-9)10(7-13-17)16-6-5-15(2)8-11(16)18/h3-4,7H,5-6,8H2,1-2H3. The zero-order valence-corrected chi connectivity index (χ0v) is 10.5. The van der Waals surface area contributed by atoms with Crippen LogP contribution >= 0.6 is 0 Å². The van der Waals surface area contributed by atoms with Gasteiger partial charge >= 0.3 is 0 Å². The number of carbonyl (C=O) groups is 1. The average molecular weight is 245 g/mol. The Morgan fingerprint density at radius 2 is 2.17 bits per heavy atom. The fourth-order valence-electron chi connectivity index (χ4n) is 2.18. The van der Waals surface area contributed by atoms with Gasteiger partial charge in [0, 0.05) is 25.0 Å². The number of amides is 1. The van der Waals surface area contributed by atoms with Gasteiger partial charge in [0.1, 0.15) is 5.69 Å². The Kier molecular flexibility index (Phi) is 2.52. The minimum atomic E-state index is 0.0990. The Bertz CT molecular complexity index is 606. The van der Waals surface area contributed by atoms with Crippen LogP contribution in [-0.2, 0) is 4.79 Å². The van der Waals surface area contributed by atoms with E-state index in [-0.39, 0.29) is 5.91 Å². The van der Waals surface area contributed by atoms with Crippen LogP contribution in [0.1, 0.15) is 5.69 Å². The summed E-state index contributed by atoms with van der Waals surface area (Å²) in [4.78, 5) is 20.3. The molecule has 0 N–H and O–H groups in total. The molecule has 0 bridgehead atoms. The van der Waals surface area contributed by atoms with Crippen molar-refractivity contribution in [3.8, 4) is 0 Å². The Balaban J connectivity index is 2.04. The van der Waals surface area contributed by atoms with Crippen molar-refractivity contribution in [1.29, 1.82) is 0 Å². The molecule has 2 aromatic heterocycles. The monoisotopic (exact) mass is 245 g/mol. The summed E-state index contributed by atoms with van der Waals surface area (Å²) in [5.74, 6) is 0.0990. The van der Waals surface area contributed by atoms with E-state index in [0.29, 0.717) is 13.1 Å². The highest BCUT2D eigenvalue weighted by Gasteiger charge is 2.25. The van der Waals surface area contributed by atoms with Crippen molar-refractivity contribution in [2.45, 2.75) is 6.92 Å². The second kappa shape index (κ2) is 4.06. The lowest BCUT2D eigenvalue weighted by Gasteiger charge is -2.31. The maximum atomic E-state index is 12.1. The molecule has 1 aliphatic heterocycles. The number of carbonyl (C=O) groups excluding carboxylic acids is 1. The van der Waals surface area contributed by atoms with E-state index in [1.165, 1.54) is 0 Å². The predicted octanol–water partition coefficient (Wildman–Crippen LogP) is 0.316. The van der Waals surface area contributed by atoms with Crippen LogP contribution in [0.15, 0.2) is 18.5 Å². The van der Waals surface area contributed by atoms with Crippen molar-refractivity contribution in [2.75, 3.05) is 31.6 Å². The summed E-state index contributed by atoms with van der Waals surface area (Å²) in [5.41, 5.74) is 2.47. The zero-order valence-electron chi connectivity index (χ0n) is 10.5. The number of aromatic nitrogens is 3. The highest BCUT2D eigenvalue weighted by atomic mass is 16.2. The number of fused-ring (bicyclic) bond motifs is 1. The molecule has 0 aliphatic carbocycles. The summed E-state index contributed by atoms with van der Waals surface area (Å²) in [5, 5.41) is 4.24. The van der Waals surface area contributed by atoms with E-state index in [1.807, 2.05) is 31.1 Å². The van der Waals surface area contributed by atoms with Gasteiger partial charge in [0.05, 0.1) is 12.7 Å². The van der Waals surface area contributed by atoms with Crippen molar-refractivity contribution in [3.63, 3.8) is 0 Å². The normalized spacial score (nSPS) is 17.7. The molecule has 6 heteroatoms. The molecule has 1 aliphatic rings. The highest BCUT2D eigenvalue weighted by molar-refractivity contribution is 5.98. The van der Waals surface area contributed by atoms with Crippen molar-refractivity contribution in [3.05, 3.63) is 24.2 Å². The first-order chi connectivity index (χ1) is 8.65. The van der Waals surface area contributed by atoms with E-state index in [1.54, 1.807) is 15.6 Å². The first-order valence-corrected chi connectivity index (χ1v) is 5.95. The number of hydrogen-bond donors (Lipinski definition) is 0. The fourth-order valence-corrected chi connectivity index (χ4v) is 2.18. The largest absolute Gasteiger partial charge is 0.305 e. The topological polar surface area (TPSA) is 53.7 Å². The Hall–Kier alpha value is -1.95. The molecule has 0 radical (unpaired) electrons. The number of aryl methyl sites for hydroxylation is 1. The number of anilines is 1. The van der Waals surface area contributed by atoms with Crippen LogP contribution < -0.4 is 4.90 Å². The SMILES string of the molecule is Cc1ccn2ncc(N3CCN(C)CC3=O)c2n1. The molecule has 18 heavy (non-hydrogen) atoms. The molecule has 3 heterocycles. The zero-order chi connectivity index (χ0) is 12.7. The third-order valence-electron chi connectivity index (χ3n) is 3.19. The van der Waals surface area contributed by atoms with E-state index in [0.717, 1.165) is 23.6 Å². The molecule has 1 fully saturated rings. The molecule has 6 nitrogen and oxygen atoms in total. The molecule has 3 rings (SSSR count). The minimum absolute atomic E-state index is 0.0990. The number of rotatable bonds is 1. The summed E-state index contributed by atoms with van der Waals surface area (Å²) in [6.07, 6.45) is 3.58. The quantitative estimate of drug-likeness (QED) is 0.726. The van der Waals surface area contributed by atoms with Gasteiger partial charge in [-0.1, -0.05) is 0 Å². The molecule has 0 spiro atoms. The maximum absolute atomic E-state index is 12.1. The lowest BCUT2D eigenvalue weighted by Crippen LogP contribution is -2.48. The number of likely N-dealkylation sites (N-methyl/N-ethyl adjacent to an activating group) is 1. The van der Waals surface area contributed by atoms with Gasteiger partial charge in [0.25, 0.3) is 0 Å². The van der Waals surface area contributed by atoms with E-state index >= 15 is 0 Å². The van der Waals surface area contributed by atoms with Crippen LogP contribution in [0.2, 0.25) is 0 Å². The van der Waals surface area contributed by atoms with Gasteiger partial charge in [-0.2, -0.15) is 5.10 Å². The lowest BCUT2D eigenvalue weighted by molar-refractivity contribution is -0.120. The lowest BCUT2D eigenvalue weighted by atomic mass is 10.3. The maximum Gasteiger partial charge on any atom is 0.241 e. The van der Waals surface area contributed by atoms with E-state index in [4.69, 9.17) is 0 Å². The smallest absolute Gasteiger partial charge is 0.241 e. The van der Waals surface area contributed by atoms with Crippen molar-refractivity contribution >= 4 is 17.2 Å². The molecule has 1 saturated heterocycles. The summed E-state index contributed by atoms with van der Waals surface area (Å²) < 4.78 is 1.70. The van der Waals surface area contributed by atoms with E-state index in [9.17, 15) is 4.79 Å². The summed E-state index contributed by atoms with van der Waals surface area (Å²) in [7, 11) is 1.95. The predicted molar refractivity (Wildman–Crippen MR) is 67.6 cm³/mol. The molecule has 0 atom stereocenters. The number of nitrogens with zero attached hydrogens (tertiary/aromatic N) is 5. The van der Waals surface area contributed by atoms with Crippen LogP contribution in [-0.4, -0.2) is 52.1 Å². The first-order valence-electron chi connectivity index (χ1n) is 5.95. The molecular formula is C12H15N5O. The Labute approximate surface area is 105 Å². The molecule has 2 aromatic rings. The molecule has 0 unspecified atom stereocenters. The Morgan fingerprint density at radius 1 is 1.33 bits per heavy atom. The summed E-state index contributed by atoms with van der Waals surface area (Å²) >= 11 is 0. The third kappa shape index (κ3) is 1.74. The van der Waals surface area contributed by atoms with Gasteiger partial charge in [-0.3, -0.25) is 9.69 Å². The first kappa shape index (κ1) is 11.2. The van der Waals surface area contributed by atoms with E-state index < -0.39 is 0 Å². The van der Waals surface area contributed by atoms with Gasteiger partial charge in [0.2, 0.25) is 5.91 Å². The summed E-state index contributed by atoms with van der Waals surface area (Å²) in [6, 6.07) is 1.90. The highest BCUT2D eigenvalue weighted by Crippen LogP contribution is 2.21. The number of hydrogen-bond acceptors (Lipinski definition) is 4. The van der Waals surface area contributed by atoms with Crippen molar-refractivity contribution in [1.82, 2.24) is 19.5 Å². The van der Waals surface area contributed by atoms with Crippen LogP contribution in [0.4, 0.5) is 5.69 Å². The van der Waals surface area contributed by atoms with Crippen molar-refractivity contribution in [2.24, 2.45) is 0 Å². The molecule has 0 aromatic carbocycles. The van der Waals surface area contributed by atoms with Gasteiger partial charge in [-0.15, -0.1) is 0 Å². The molecular weight excluding hydrogens is 230 g/mol. The Morgan fingerprint density at radius 3 is 2.94 bits per heavy atom. The molecule has 1 amide bonds. The van der Waals surface area contributed by atoms with Crippen LogP contribution in [0.25, 0.3) is 5.65 Å². The van der Waals surface area contributed by atoms with Crippen LogP contribution in [0, 0.1) is 6.92 Å². The van der Waals surface area contributed by atoms with Gasteiger partial charge in [0.15, 0.2) is 5.65 Å². The average Bonchev–Trinajstić information content (AvgIpc) is 2.72. The molecule has 0 saturated carbocycles. The third-order valence-corrected chi connectivity index (χ3v) is 3.19. The van der Waals surface area contributed by atoms with Gasteiger partial charge in [-0.05, 0) is 20.0 Å². The van der Waals surface area contributed by atoms with Gasteiger partial charge < -0.3 is 4.90 Å². The minimum Gasteiger partial charge on any atom is -0.305 e. The van der Waals surface area contributed by atoms with Crippen molar-refractivity contribution < 1.29 is 4.79 Å². The van der Waals surface area contributed by atoms with Crippen LogP contribution in [0.3, 0.4) is 0 Å². The van der Waals surface area contributed by atoms with Gasteiger partial charge in [-0.25, -0.2) is 9.50 Å². The second-order valence-electron chi connectivity index (χ2n) is 4.65. The fraction of sp³-hybridized carbons (Fsp3) is 0.417. The number of piperazine rings is 1. The second-order valence-corrected chi connectivity index (χ2v) is 4.65. The molecule has 94 valence electrons. The van der Waals surface area contributed by atoms with Crippen LogP contribution in [0.5, 0.6) is 0 Å². The summed E-state index contributed by atoms with van der Waals surface area (Å²) in [6.45, 7) is 3.94. The van der Waals surface area contributed by atoms with E-state index in [2.05, 4.69) is 10.1 Å².